The SMILES string of the molecule is CCNc1ncc(-c2ccc(Oc3ncc(NC(C)=O)cn3)cc2)s1. The number of nitrogens with one attached hydrogen (secondary N) is 2. The van der Waals surface area contributed by atoms with Gasteiger partial charge in [-0.05, 0) is 36.8 Å². The highest BCUT2D eigenvalue weighted by molar-refractivity contribution is 7.18. The van der Waals surface area contributed by atoms with Gasteiger partial charge in [-0.15, -0.1) is 0 Å². The average molecular weight is 355 g/mol. The number of thiazole rings is 1. The van der Waals surface area contributed by atoms with Crippen molar-refractivity contribution in [3.05, 3.63) is 42.9 Å². The minimum absolute atomic E-state index is 0.173. The van der Waals surface area contributed by atoms with Crippen LogP contribution >= 0.6 is 11.3 Å². The first-order chi connectivity index (χ1) is 12.1. The van der Waals surface area contributed by atoms with E-state index in [9.17, 15) is 4.79 Å². The first-order valence-electron chi connectivity index (χ1n) is 7.71. The van der Waals surface area contributed by atoms with Gasteiger partial charge in [0.25, 0.3) is 0 Å². The van der Waals surface area contributed by atoms with E-state index in [-0.39, 0.29) is 11.9 Å². The van der Waals surface area contributed by atoms with Gasteiger partial charge in [0.15, 0.2) is 5.13 Å². The molecule has 0 bridgehead atoms. The van der Waals surface area contributed by atoms with Crippen LogP contribution in [0.25, 0.3) is 10.4 Å². The lowest BCUT2D eigenvalue weighted by Crippen LogP contribution is -2.06. The number of aromatic nitrogens is 3. The largest absolute Gasteiger partial charge is 0.424 e. The topological polar surface area (TPSA) is 89.0 Å². The van der Waals surface area contributed by atoms with Gasteiger partial charge >= 0.3 is 6.01 Å². The number of benzene rings is 1. The lowest BCUT2D eigenvalue weighted by Gasteiger charge is -2.05. The van der Waals surface area contributed by atoms with Gasteiger partial charge in [0.05, 0.1) is 23.0 Å². The number of hydrogen-bond donors (Lipinski definition) is 2. The fourth-order valence-corrected chi connectivity index (χ4v) is 2.96. The minimum Gasteiger partial charge on any atom is -0.424 e. The molecule has 25 heavy (non-hydrogen) atoms. The third kappa shape index (κ3) is 4.51. The smallest absolute Gasteiger partial charge is 0.322 e. The summed E-state index contributed by atoms with van der Waals surface area (Å²) in [7, 11) is 0. The molecule has 0 aliphatic carbocycles. The summed E-state index contributed by atoms with van der Waals surface area (Å²) in [5.74, 6) is 0.459. The maximum absolute atomic E-state index is 11.0. The lowest BCUT2D eigenvalue weighted by atomic mass is 10.2. The zero-order chi connectivity index (χ0) is 17.6. The van der Waals surface area contributed by atoms with Gasteiger partial charge in [-0.2, -0.15) is 0 Å². The first-order valence-corrected chi connectivity index (χ1v) is 8.53. The summed E-state index contributed by atoms with van der Waals surface area (Å²) in [5, 5.41) is 6.71. The summed E-state index contributed by atoms with van der Waals surface area (Å²) >= 11 is 1.60. The van der Waals surface area contributed by atoms with Crippen molar-refractivity contribution < 1.29 is 9.53 Å². The van der Waals surface area contributed by atoms with Crippen LogP contribution < -0.4 is 15.4 Å². The Balaban J connectivity index is 1.66. The molecule has 3 aromatic rings. The Morgan fingerprint density at radius 1 is 1.12 bits per heavy atom. The van der Waals surface area contributed by atoms with Crippen LogP contribution in [0, 0.1) is 0 Å². The Bertz CT molecular complexity index is 846. The Morgan fingerprint density at radius 2 is 1.84 bits per heavy atom. The van der Waals surface area contributed by atoms with Crippen molar-refractivity contribution in [2.45, 2.75) is 13.8 Å². The van der Waals surface area contributed by atoms with Crippen molar-refractivity contribution in [2.75, 3.05) is 17.2 Å². The fraction of sp³-hybridized carbons (Fsp3) is 0.176. The molecule has 0 saturated heterocycles. The summed E-state index contributed by atoms with van der Waals surface area (Å²) < 4.78 is 5.61. The van der Waals surface area contributed by atoms with Crippen molar-refractivity contribution in [2.24, 2.45) is 0 Å². The predicted octanol–water partition coefficient (Wildman–Crippen LogP) is 3.78. The first kappa shape index (κ1) is 16.8. The van der Waals surface area contributed by atoms with Crippen LogP contribution in [0.2, 0.25) is 0 Å². The molecule has 2 heterocycles. The highest BCUT2D eigenvalue weighted by Crippen LogP contribution is 2.30. The van der Waals surface area contributed by atoms with Crippen LogP contribution in [0.1, 0.15) is 13.8 Å². The monoisotopic (exact) mass is 355 g/mol. The molecule has 0 aliphatic rings. The quantitative estimate of drug-likeness (QED) is 0.699. The van der Waals surface area contributed by atoms with E-state index in [0.717, 1.165) is 22.1 Å². The lowest BCUT2D eigenvalue weighted by molar-refractivity contribution is -0.114. The normalized spacial score (nSPS) is 10.3. The summed E-state index contributed by atoms with van der Waals surface area (Å²) in [6, 6.07) is 7.85. The summed E-state index contributed by atoms with van der Waals surface area (Å²) in [6.07, 6.45) is 4.84. The third-order valence-electron chi connectivity index (χ3n) is 3.13. The van der Waals surface area contributed by atoms with E-state index in [2.05, 4.69) is 25.6 Å². The summed E-state index contributed by atoms with van der Waals surface area (Å²) in [5.41, 5.74) is 1.59. The maximum Gasteiger partial charge on any atom is 0.322 e. The number of carbonyl (C=O) groups excluding carboxylic acids is 1. The minimum atomic E-state index is -0.173. The molecule has 2 aromatic heterocycles. The zero-order valence-corrected chi connectivity index (χ0v) is 14.6. The van der Waals surface area contributed by atoms with Crippen molar-refractivity contribution >= 4 is 28.1 Å². The Kier molecular flexibility index (Phi) is 5.20. The molecule has 0 atom stereocenters. The molecular weight excluding hydrogens is 338 g/mol. The molecular formula is C17H17N5O2S. The van der Waals surface area contributed by atoms with E-state index >= 15 is 0 Å². The van der Waals surface area contributed by atoms with Gasteiger partial charge in [-0.3, -0.25) is 4.79 Å². The fourth-order valence-electron chi connectivity index (χ4n) is 2.07. The van der Waals surface area contributed by atoms with E-state index in [1.54, 1.807) is 11.3 Å². The predicted molar refractivity (Wildman–Crippen MR) is 98.1 cm³/mol. The zero-order valence-electron chi connectivity index (χ0n) is 13.8. The summed E-state index contributed by atoms with van der Waals surface area (Å²) in [4.78, 5) is 24.5. The molecule has 1 amide bonds. The molecule has 7 nitrogen and oxygen atoms in total. The Labute approximate surface area is 149 Å². The van der Waals surface area contributed by atoms with Crippen molar-refractivity contribution in [1.29, 1.82) is 0 Å². The molecule has 0 saturated carbocycles. The molecule has 8 heteroatoms. The highest BCUT2D eigenvalue weighted by atomic mass is 32.1. The molecule has 0 unspecified atom stereocenters. The number of anilines is 2. The third-order valence-corrected chi connectivity index (χ3v) is 4.13. The van der Waals surface area contributed by atoms with Crippen LogP contribution in [0.15, 0.2) is 42.9 Å². The van der Waals surface area contributed by atoms with E-state index < -0.39 is 0 Å². The van der Waals surface area contributed by atoms with Gasteiger partial charge in [0.2, 0.25) is 5.91 Å². The molecule has 0 spiro atoms. The van der Waals surface area contributed by atoms with E-state index in [1.807, 2.05) is 37.4 Å². The maximum atomic E-state index is 11.0. The van der Waals surface area contributed by atoms with Gasteiger partial charge in [0.1, 0.15) is 5.75 Å². The van der Waals surface area contributed by atoms with Crippen molar-refractivity contribution in [3.63, 3.8) is 0 Å². The molecule has 0 fully saturated rings. The number of carbonyl (C=O) groups is 1. The molecule has 3 rings (SSSR count). The van der Waals surface area contributed by atoms with Crippen LogP contribution in [0.5, 0.6) is 11.8 Å². The second kappa shape index (κ2) is 7.71. The number of hydrogen-bond acceptors (Lipinski definition) is 7. The number of ether oxygens (including phenoxy) is 1. The molecule has 0 aliphatic heterocycles. The molecule has 1 aromatic carbocycles. The van der Waals surface area contributed by atoms with E-state index in [1.165, 1.54) is 19.3 Å². The van der Waals surface area contributed by atoms with Crippen LogP contribution in [-0.2, 0) is 4.79 Å². The van der Waals surface area contributed by atoms with Crippen LogP contribution in [0.4, 0.5) is 10.8 Å². The summed E-state index contributed by atoms with van der Waals surface area (Å²) in [6.45, 7) is 4.31. The van der Waals surface area contributed by atoms with Gasteiger partial charge in [-0.1, -0.05) is 11.3 Å². The van der Waals surface area contributed by atoms with Crippen LogP contribution in [-0.4, -0.2) is 27.4 Å². The van der Waals surface area contributed by atoms with Crippen molar-refractivity contribution in [3.8, 4) is 22.2 Å². The Hall–Kier alpha value is -3.00. The average Bonchev–Trinajstić information content (AvgIpc) is 3.06. The van der Waals surface area contributed by atoms with Gasteiger partial charge in [-0.25, -0.2) is 15.0 Å². The molecule has 128 valence electrons. The second-order valence-corrected chi connectivity index (χ2v) is 6.15. The highest BCUT2D eigenvalue weighted by Gasteiger charge is 2.06. The van der Waals surface area contributed by atoms with Crippen molar-refractivity contribution in [1.82, 2.24) is 15.0 Å². The number of nitrogens with zero attached hydrogens (tertiary/aromatic N) is 3. The molecule has 0 radical (unpaired) electrons. The second-order valence-electron chi connectivity index (χ2n) is 5.12. The van der Waals surface area contributed by atoms with Gasteiger partial charge in [0, 0.05) is 19.7 Å². The standard InChI is InChI=1S/C17H17N5O2S/c1-3-18-17-21-10-15(25-17)12-4-6-14(7-5-12)24-16-19-8-13(9-20-16)22-11(2)23/h4-10H,3H2,1-2H3,(H,18,21)(H,22,23). The van der Waals surface area contributed by atoms with E-state index in [0.29, 0.717) is 11.4 Å². The number of rotatable bonds is 6. The molecule has 2 N–H and O–H groups in total. The Morgan fingerprint density at radius 3 is 2.48 bits per heavy atom. The number of amides is 1. The van der Waals surface area contributed by atoms with Gasteiger partial charge < -0.3 is 15.4 Å². The van der Waals surface area contributed by atoms with E-state index in [4.69, 9.17) is 4.74 Å². The van der Waals surface area contributed by atoms with Crippen LogP contribution in [0.3, 0.4) is 0 Å².